The largest absolute Gasteiger partial charge is 0.399 e. The van der Waals surface area contributed by atoms with E-state index in [1.54, 1.807) is 0 Å². The average Bonchev–Trinajstić information content (AvgIpc) is 3.23. The van der Waals surface area contributed by atoms with Crippen molar-refractivity contribution in [1.82, 2.24) is 24.8 Å². The predicted molar refractivity (Wildman–Crippen MR) is 109 cm³/mol. The monoisotopic (exact) mass is 396 g/mol. The number of hydrogen-bond acceptors (Lipinski definition) is 6. The third-order valence-electron chi connectivity index (χ3n) is 6.64. The van der Waals surface area contributed by atoms with Gasteiger partial charge in [-0.2, -0.15) is 0 Å². The van der Waals surface area contributed by atoms with Crippen molar-refractivity contribution < 1.29 is 9.53 Å². The first kappa shape index (κ1) is 18.6. The number of aromatic nitrogens is 3. The highest BCUT2D eigenvalue weighted by Gasteiger charge is 2.44. The molecular formula is C21H28N6O2. The molecule has 0 radical (unpaired) electrons. The molecule has 2 aromatic rings. The van der Waals surface area contributed by atoms with Crippen molar-refractivity contribution in [2.24, 2.45) is 11.8 Å². The average molecular weight is 396 g/mol. The minimum absolute atomic E-state index is 0.136. The minimum Gasteiger partial charge on any atom is -0.399 e. The van der Waals surface area contributed by atoms with Gasteiger partial charge in [-0.25, -0.2) is 0 Å². The van der Waals surface area contributed by atoms with Crippen molar-refractivity contribution >= 4 is 11.6 Å². The summed E-state index contributed by atoms with van der Waals surface area (Å²) in [6.07, 6.45) is 4.16. The van der Waals surface area contributed by atoms with E-state index in [4.69, 9.17) is 10.5 Å². The van der Waals surface area contributed by atoms with Crippen molar-refractivity contribution in [3.63, 3.8) is 0 Å². The third kappa shape index (κ3) is 3.74. The summed E-state index contributed by atoms with van der Waals surface area (Å²) in [5.41, 5.74) is 8.44. The Morgan fingerprint density at radius 2 is 2.10 bits per heavy atom. The number of nitrogens with two attached hydrogens (primary N) is 1. The number of carbonyl (C=O) groups excluding carboxylic acids is 1. The van der Waals surface area contributed by atoms with E-state index in [0.29, 0.717) is 31.1 Å². The van der Waals surface area contributed by atoms with Crippen LogP contribution in [0.3, 0.4) is 0 Å². The molecule has 1 aromatic heterocycles. The Bertz CT molecular complexity index is 878. The molecule has 0 spiro atoms. The molecule has 2 N–H and O–H groups in total. The molecular weight excluding hydrogens is 368 g/mol. The SMILES string of the molecule is Nc1cccc(-c2cn(C[C@H]3C[C@H]4CCN3C[C@@H]4C(=O)N3CCOCC3)nn2)c1. The van der Waals surface area contributed by atoms with Gasteiger partial charge in [0.1, 0.15) is 5.69 Å². The van der Waals surface area contributed by atoms with E-state index < -0.39 is 0 Å². The number of nitrogen functional groups attached to an aromatic ring is 1. The Labute approximate surface area is 170 Å². The number of rotatable bonds is 4. The van der Waals surface area contributed by atoms with E-state index in [9.17, 15) is 4.79 Å². The van der Waals surface area contributed by atoms with E-state index >= 15 is 0 Å². The van der Waals surface area contributed by atoms with E-state index in [1.165, 1.54) is 0 Å². The molecule has 8 heteroatoms. The van der Waals surface area contributed by atoms with Gasteiger partial charge in [0.15, 0.2) is 0 Å². The fraction of sp³-hybridized carbons (Fsp3) is 0.571. The van der Waals surface area contributed by atoms with Gasteiger partial charge in [-0.15, -0.1) is 5.10 Å². The normalized spacial score (nSPS) is 29.2. The van der Waals surface area contributed by atoms with Crippen molar-refractivity contribution in [3.8, 4) is 11.3 Å². The summed E-state index contributed by atoms with van der Waals surface area (Å²) in [7, 11) is 0. The van der Waals surface area contributed by atoms with Crippen LogP contribution < -0.4 is 5.73 Å². The molecule has 4 atom stereocenters. The van der Waals surface area contributed by atoms with Gasteiger partial charge >= 0.3 is 0 Å². The molecule has 8 nitrogen and oxygen atoms in total. The first-order valence-corrected chi connectivity index (χ1v) is 10.5. The standard InChI is InChI=1S/C21H28N6O2/c22-17-3-1-2-16(10-17)20-14-27(24-23-20)12-18-11-15-4-5-26(18)13-19(15)21(28)25-6-8-29-9-7-25/h1-3,10,14-15,18-19H,4-9,11-13,22H2/t15-,18-,19+/m1/s1. The summed E-state index contributed by atoms with van der Waals surface area (Å²) in [6.45, 7) is 5.54. The second-order valence-electron chi connectivity index (χ2n) is 8.43. The first-order chi connectivity index (χ1) is 14.2. The molecule has 1 aromatic carbocycles. The highest BCUT2D eigenvalue weighted by atomic mass is 16.5. The summed E-state index contributed by atoms with van der Waals surface area (Å²) in [5, 5.41) is 8.66. The third-order valence-corrected chi connectivity index (χ3v) is 6.64. The number of fused-ring (bicyclic) bond motifs is 3. The van der Waals surface area contributed by atoms with Crippen LogP contribution in [0.4, 0.5) is 5.69 Å². The summed E-state index contributed by atoms with van der Waals surface area (Å²) >= 11 is 0. The summed E-state index contributed by atoms with van der Waals surface area (Å²) in [5.74, 6) is 0.931. The van der Waals surface area contributed by atoms with Crippen LogP contribution in [0.15, 0.2) is 30.5 Å². The van der Waals surface area contributed by atoms with Gasteiger partial charge in [-0.05, 0) is 37.4 Å². The van der Waals surface area contributed by atoms with Crippen LogP contribution in [0, 0.1) is 11.8 Å². The fourth-order valence-corrected chi connectivity index (χ4v) is 5.06. The molecule has 4 aliphatic rings. The van der Waals surface area contributed by atoms with Gasteiger partial charge in [-0.1, -0.05) is 17.3 Å². The van der Waals surface area contributed by atoms with Crippen LogP contribution >= 0.6 is 0 Å². The molecule has 4 fully saturated rings. The number of carbonyl (C=O) groups is 1. The van der Waals surface area contributed by atoms with Gasteiger partial charge in [-0.3, -0.25) is 14.4 Å². The maximum Gasteiger partial charge on any atom is 0.227 e. The maximum absolute atomic E-state index is 13.0. The molecule has 29 heavy (non-hydrogen) atoms. The smallest absolute Gasteiger partial charge is 0.227 e. The number of nitrogens with zero attached hydrogens (tertiary/aromatic N) is 5. The first-order valence-electron chi connectivity index (χ1n) is 10.5. The van der Waals surface area contributed by atoms with Gasteiger partial charge in [0.2, 0.25) is 5.91 Å². The lowest BCUT2D eigenvalue weighted by atomic mass is 9.75. The van der Waals surface area contributed by atoms with Crippen molar-refractivity contribution in [2.45, 2.75) is 25.4 Å². The predicted octanol–water partition coefficient (Wildman–Crippen LogP) is 1.10. The molecule has 4 saturated heterocycles. The van der Waals surface area contributed by atoms with Crippen LogP contribution in [0.1, 0.15) is 12.8 Å². The van der Waals surface area contributed by atoms with Crippen LogP contribution in [-0.2, 0) is 16.1 Å². The van der Waals surface area contributed by atoms with Crippen LogP contribution in [0.5, 0.6) is 0 Å². The molecule has 5 heterocycles. The molecule has 1 amide bonds. The van der Waals surface area contributed by atoms with Crippen LogP contribution in [0.25, 0.3) is 11.3 Å². The molecule has 0 aliphatic carbocycles. The zero-order chi connectivity index (χ0) is 19.8. The summed E-state index contributed by atoms with van der Waals surface area (Å²) in [4.78, 5) is 17.5. The Morgan fingerprint density at radius 1 is 1.24 bits per heavy atom. The molecule has 4 aliphatic heterocycles. The Hall–Kier alpha value is -2.45. The summed E-state index contributed by atoms with van der Waals surface area (Å²) < 4.78 is 7.33. The number of ether oxygens (including phenoxy) is 1. The van der Waals surface area contributed by atoms with Crippen molar-refractivity contribution in [2.75, 3.05) is 45.1 Å². The maximum atomic E-state index is 13.0. The Balaban J connectivity index is 1.24. The number of hydrogen-bond donors (Lipinski definition) is 1. The lowest BCUT2D eigenvalue weighted by Gasteiger charge is -2.50. The van der Waals surface area contributed by atoms with Gasteiger partial charge in [0.25, 0.3) is 0 Å². The van der Waals surface area contributed by atoms with E-state index in [2.05, 4.69) is 15.2 Å². The molecule has 2 bridgehead atoms. The minimum atomic E-state index is 0.136. The Morgan fingerprint density at radius 3 is 2.86 bits per heavy atom. The fourth-order valence-electron chi connectivity index (χ4n) is 5.06. The number of morpholine rings is 1. The summed E-state index contributed by atoms with van der Waals surface area (Å²) in [6, 6.07) is 8.13. The number of piperidine rings is 3. The number of amides is 1. The zero-order valence-corrected chi connectivity index (χ0v) is 16.6. The van der Waals surface area contributed by atoms with Gasteiger partial charge in [0.05, 0.1) is 31.9 Å². The van der Waals surface area contributed by atoms with E-state index in [-0.39, 0.29) is 5.92 Å². The van der Waals surface area contributed by atoms with Crippen molar-refractivity contribution in [1.29, 1.82) is 0 Å². The van der Waals surface area contributed by atoms with E-state index in [1.807, 2.05) is 40.0 Å². The van der Waals surface area contributed by atoms with Crippen molar-refractivity contribution in [3.05, 3.63) is 30.5 Å². The van der Waals surface area contributed by atoms with Crippen LogP contribution in [-0.4, -0.2) is 76.1 Å². The van der Waals surface area contributed by atoms with Gasteiger partial charge < -0.3 is 15.4 Å². The topological polar surface area (TPSA) is 89.5 Å². The highest BCUT2D eigenvalue weighted by molar-refractivity contribution is 5.79. The van der Waals surface area contributed by atoms with Crippen LogP contribution in [0.2, 0.25) is 0 Å². The molecule has 1 unspecified atom stereocenters. The number of benzene rings is 1. The molecule has 154 valence electrons. The van der Waals surface area contributed by atoms with E-state index in [0.717, 1.165) is 62.5 Å². The molecule has 6 rings (SSSR count). The lowest BCUT2D eigenvalue weighted by molar-refractivity contribution is -0.148. The zero-order valence-electron chi connectivity index (χ0n) is 16.6. The lowest BCUT2D eigenvalue weighted by Crippen LogP contribution is -2.59. The second kappa shape index (κ2) is 7.76. The Kier molecular flexibility index (Phi) is 4.97. The quantitative estimate of drug-likeness (QED) is 0.779. The second-order valence-corrected chi connectivity index (χ2v) is 8.43. The molecule has 0 saturated carbocycles. The number of anilines is 1. The van der Waals surface area contributed by atoms with Gasteiger partial charge in [0, 0.05) is 36.9 Å². The highest BCUT2D eigenvalue weighted by Crippen LogP contribution is 2.38.